The molecule has 1 heterocycles. The predicted molar refractivity (Wildman–Crippen MR) is 105 cm³/mol. The van der Waals surface area contributed by atoms with Crippen molar-refractivity contribution < 1.29 is 17.9 Å². The smallest absolute Gasteiger partial charge is 0.243 e. The summed E-state index contributed by atoms with van der Waals surface area (Å²) in [5.74, 6) is 1.09. The molecule has 0 amide bonds. The fourth-order valence-electron chi connectivity index (χ4n) is 3.72. The third kappa shape index (κ3) is 3.67. The van der Waals surface area contributed by atoms with Crippen molar-refractivity contribution >= 4 is 10.0 Å². The van der Waals surface area contributed by atoms with E-state index in [9.17, 15) is 8.42 Å². The Morgan fingerprint density at radius 1 is 1.07 bits per heavy atom. The van der Waals surface area contributed by atoms with Gasteiger partial charge in [-0.05, 0) is 36.6 Å². The average molecular weight is 391 g/mol. The number of hydrogen-bond acceptors (Lipinski definition) is 5. The minimum atomic E-state index is -3.67. The van der Waals surface area contributed by atoms with Crippen LogP contribution in [0.2, 0.25) is 0 Å². The van der Waals surface area contributed by atoms with E-state index in [4.69, 9.17) is 15.2 Å². The zero-order valence-corrected chi connectivity index (χ0v) is 16.7. The second-order valence-corrected chi connectivity index (χ2v) is 8.71. The molecule has 0 unspecified atom stereocenters. The predicted octanol–water partition coefficient (Wildman–Crippen LogP) is 2.38. The highest BCUT2D eigenvalue weighted by molar-refractivity contribution is 7.89. The van der Waals surface area contributed by atoms with Gasteiger partial charge in [-0.1, -0.05) is 30.3 Å². The first kappa shape index (κ1) is 19.7. The minimum Gasteiger partial charge on any atom is -0.493 e. The molecule has 0 spiro atoms. The number of aryl methyl sites for hydroxylation is 1. The maximum Gasteiger partial charge on any atom is 0.243 e. The molecule has 3 rings (SSSR count). The van der Waals surface area contributed by atoms with Crippen LogP contribution in [0.5, 0.6) is 11.5 Å². The second kappa shape index (κ2) is 7.88. The van der Waals surface area contributed by atoms with Gasteiger partial charge in [0, 0.05) is 25.1 Å². The average Bonchev–Trinajstić information content (AvgIpc) is 3.13. The zero-order chi connectivity index (χ0) is 19.6. The topological polar surface area (TPSA) is 81.9 Å². The monoisotopic (exact) mass is 390 g/mol. The van der Waals surface area contributed by atoms with Crippen LogP contribution in [-0.4, -0.2) is 46.6 Å². The SMILES string of the molecule is COc1cc(C)c(S(=O)(=O)N2C[C@@H](CN)[C@H](c3ccccc3)C2)cc1OC. The van der Waals surface area contributed by atoms with Gasteiger partial charge < -0.3 is 15.2 Å². The van der Waals surface area contributed by atoms with E-state index in [1.807, 2.05) is 30.3 Å². The Balaban J connectivity index is 1.96. The van der Waals surface area contributed by atoms with Gasteiger partial charge in [-0.15, -0.1) is 0 Å². The van der Waals surface area contributed by atoms with Crippen molar-refractivity contribution in [2.24, 2.45) is 11.7 Å². The van der Waals surface area contributed by atoms with Crippen LogP contribution < -0.4 is 15.2 Å². The zero-order valence-electron chi connectivity index (χ0n) is 15.9. The van der Waals surface area contributed by atoms with Gasteiger partial charge in [0.25, 0.3) is 0 Å². The number of nitrogens with two attached hydrogens (primary N) is 1. The molecule has 1 fully saturated rings. The molecular formula is C20H26N2O4S. The summed E-state index contributed by atoms with van der Waals surface area (Å²) in [6.07, 6.45) is 0. The third-order valence-corrected chi connectivity index (χ3v) is 7.21. The molecule has 7 heteroatoms. The van der Waals surface area contributed by atoms with Gasteiger partial charge in [0.1, 0.15) is 0 Å². The summed E-state index contributed by atoms with van der Waals surface area (Å²) in [6, 6.07) is 13.2. The van der Waals surface area contributed by atoms with Crippen LogP contribution >= 0.6 is 0 Å². The van der Waals surface area contributed by atoms with Gasteiger partial charge in [-0.3, -0.25) is 0 Å². The molecule has 0 aliphatic carbocycles. The molecule has 27 heavy (non-hydrogen) atoms. The molecule has 146 valence electrons. The fraction of sp³-hybridized carbons (Fsp3) is 0.400. The number of benzene rings is 2. The Hall–Kier alpha value is -2.09. The molecule has 0 radical (unpaired) electrons. The van der Waals surface area contributed by atoms with Crippen LogP contribution in [-0.2, 0) is 10.0 Å². The molecule has 2 N–H and O–H groups in total. The first-order chi connectivity index (χ1) is 12.9. The fourth-order valence-corrected chi connectivity index (χ4v) is 5.47. The van der Waals surface area contributed by atoms with E-state index in [0.29, 0.717) is 36.7 Å². The molecule has 0 aromatic heterocycles. The van der Waals surface area contributed by atoms with Crippen LogP contribution in [0.3, 0.4) is 0 Å². The third-order valence-electron chi connectivity index (χ3n) is 5.24. The normalized spacial score (nSPS) is 20.6. The molecule has 0 bridgehead atoms. The number of methoxy groups -OCH3 is 2. The molecule has 0 saturated carbocycles. The maximum absolute atomic E-state index is 13.4. The Morgan fingerprint density at radius 2 is 1.70 bits per heavy atom. The van der Waals surface area contributed by atoms with Gasteiger partial charge in [0.05, 0.1) is 19.1 Å². The number of ether oxygens (including phenoxy) is 2. The Kier molecular flexibility index (Phi) is 5.74. The van der Waals surface area contributed by atoms with E-state index in [1.165, 1.54) is 24.6 Å². The van der Waals surface area contributed by atoms with Crippen LogP contribution in [0.4, 0.5) is 0 Å². The summed E-state index contributed by atoms with van der Waals surface area (Å²) in [6.45, 7) is 3.03. The summed E-state index contributed by atoms with van der Waals surface area (Å²) in [5.41, 5.74) is 7.71. The highest BCUT2D eigenvalue weighted by Crippen LogP contribution is 2.38. The number of hydrogen-bond donors (Lipinski definition) is 1. The number of rotatable bonds is 6. The van der Waals surface area contributed by atoms with Gasteiger partial charge in [-0.25, -0.2) is 8.42 Å². The first-order valence-electron chi connectivity index (χ1n) is 8.90. The van der Waals surface area contributed by atoms with E-state index >= 15 is 0 Å². The first-order valence-corrected chi connectivity index (χ1v) is 10.3. The van der Waals surface area contributed by atoms with Gasteiger partial charge in [-0.2, -0.15) is 4.31 Å². The molecule has 1 aliphatic rings. The molecule has 6 nitrogen and oxygen atoms in total. The quantitative estimate of drug-likeness (QED) is 0.819. The Morgan fingerprint density at radius 3 is 2.30 bits per heavy atom. The lowest BCUT2D eigenvalue weighted by Crippen LogP contribution is -2.30. The van der Waals surface area contributed by atoms with Crippen molar-refractivity contribution in [3.8, 4) is 11.5 Å². The van der Waals surface area contributed by atoms with E-state index in [0.717, 1.165) is 5.56 Å². The summed E-state index contributed by atoms with van der Waals surface area (Å²) >= 11 is 0. The molecule has 1 aliphatic heterocycles. The molecule has 2 aromatic rings. The largest absolute Gasteiger partial charge is 0.493 e. The van der Waals surface area contributed by atoms with Crippen molar-refractivity contribution in [1.82, 2.24) is 4.31 Å². The van der Waals surface area contributed by atoms with E-state index < -0.39 is 10.0 Å². The van der Waals surface area contributed by atoms with Crippen molar-refractivity contribution in [3.63, 3.8) is 0 Å². The highest BCUT2D eigenvalue weighted by atomic mass is 32.2. The van der Waals surface area contributed by atoms with Crippen molar-refractivity contribution in [2.75, 3.05) is 33.9 Å². The summed E-state index contributed by atoms with van der Waals surface area (Å²) in [7, 11) is -0.643. The lowest BCUT2D eigenvalue weighted by Gasteiger charge is -2.19. The lowest BCUT2D eigenvalue weighted by molar-refractivity contribution is 0.353. The van der Waals surface area contributed by atoms with Crippen LogP contribution in [0.25, 0.3) is 0 Å². The van der Waals surface area contributed by atoms with Crippen molar-refractivity contribution in [3.05, 3.63) is 53.6 Å². The summed E-state index contributed by atoms with van der Waals surface area (Å²) < 4.78 is 38.8. The Labute approximate surface area is 160 Å². The molecule has 2 atom stereocenters. The molecule has 1 saturated heterocycles. The highest BCUT2D eigenvalue weighted by Gasteiger charge is 2.40. The Bertz CT molecular complexity index is 900. The van der Waals surface area contributed by atoms with E-state index in [1.54, 1.807) is 13.0 Å². The van der Waals surface area contributed by atoms with Gasteiger partial charge >= 0.3 is 0 Å². The number of sulfonamides is 1. The van der Waals surface area contributed by atoms with Crippen LogP contribution in [0, 0.1) is 12.8 Å². The minimum absolute atomic E-state index is 0.0858. The van der Waals surface area contributed by atoms with Crippen molar-refractivity contribution in [1.29, 1.82) is 0 Å². The maximum atomic E-state index is 13.4. The van der Waals surface area contributed by atoms with Crippen LogP contribution in [0.15, 0.2) is 47.4 Å². The summed E-state index contributed by atoms with van der Waals surface area (Å²) in [5, 5.41) is 0. The van der Waals surface area contributed by atoms with Gasteiger partial charge in [0.15, 0.2) is 11.5 Å². The second-order valence-electron chi connectivity index (χ2n) is 6.81. The molecule has 2 aromatic carbocycles. The summed E-state index contributed by atoms with van der Waals surface area (Å²) in [4.78, 5) is 0.240. The van der Waals surface area contributed by atoms with Gasteiger partial charge in [0.2, 0.25) is 10.0 Å². The molecular weight excluding hydrogens is 364 g/mol. The van der Waals surface area contributed by atoms with E-state index in [2.05, 4.69) is 0 Å². The van der Waals surface area contributed by atoms with Crippen LogP contribution in [0.1, 0.15) is 17.0 Å². The number of nitrogens with zero attached hydrogens (tertiary/aromatic N) is 1. The standard InChI is InChI=1S/C20H26N2O4S/c1-14-9-18(25-2)19(26-3)10-20(14)27(23,24)22-12-16(11-21)17(13-22)15-7-5-4-6-8-15/h4-10,16-17H,11-13,21H2,1-3H3/t16-,17+/m1/s1. The lowest BCUT2D eigenvalue weighted by atomic mass is 9.89. The van der Waals surface area contributed by atoms with E-state index in [-0.39, 0.29) is 16.7 Å². The van der Waals surface area contributed by atoms with Crippen molar-refractivity contribution in [2.45, 2.75) is 17.7 Å².